The van der Waals surface area contributed by atoms with E-state index in [0.29, 0.717) is 0 Å². The first kappa shape index (κ1) is 37.4. The van der Waals surface area contributed by atoms with Crippen LogP contribution in [0.3, 0.4) is 0 Å². The van der Waals surface area contributed by atoms with Crippen molar-refractivity contribution < 1.29 is 0 Å². The number of nitrogens with zero attached hydrogens (tertiary/aromatic N) is 4. The van der Waals surface area contributed by atoms with Crippen LogP contribution in [0.15, 0.2) is 0 Å². The topological polar surface area (TPSA) is 13.0 Å². The van der Waals surface area contributed by atoms with Crippen molar-refractivity contribution in [2.75, 3.05) is 80.5 Å². The highest BCUT2D eigenvalue weighted by atomic mass is 15.1. The van der Waals surface area contributed by atoms with Crippen molar-refractivity contribution in [3.63, 3.8) is 0 Å². The monoisotopic (exact) mass is 473 g/mol. The Morgan fingerprint density at radius 2 is 0.515 bits per heavy atom. The summed E-state index contributed by atoms with van der Waals surface area (Å²) in [5, 5.41) is 0. The van der Waals surface area contributed by atoms with E-state index in [1.54, 1.807) is 0 Å². The van der Waals surface area contributed by atoms with Crippen molar-refractivity contribution in [2.24, 2.45) is 0 Å². The molecule has 0 atom stereocenters. The second kappa shape index (κ2) is 31.8. The lowest BCUT2D eigenvalue weighted by molar-refractivity contribution is 0.295. The SMILES string of the molecule is CCCCCC.CCCCCN(C)CCCCN(C)CC.CCN(C)CCCCN(C)CC. The number of unbranched alkanes of at least 4 members (excludes halogenated alkanes) is 7. The van der Waals surface area contributed by atoms with Crippen LogP contribution in [0.1, 0.15) is 112 Å². The second-order valence-electron chi connectivity index (χ2n) is 9.82. The van der Waals surface area contributed by atoms with Crippen LogP contribution in [0.5, 0.6) is 0 Å². The fourth-order valence-corrected chi connectivity index (χ4v) is 3.24. The molecule has 0 aromatic carbocycles. The molecule has 0 aliphatic carbocycles. The Labute approximate surface area is 212 Å². The summed E-state index contributed by atoms with van der Waals surface area (Å²) >= 11 is 0. The zero-order chi connectivity index (χ0) is 25.7. The van der Waals surface area contributed by atoms with E-state index < -0.39 is 0 Å². The van der Waals surface area contributed by atoms with Crippen LogP contribution in [-0.2, 0) is 0 Å². The van der Waals surface area contributed by atoms with Gasteiger partial charge in [-0.3, -0.25) is 0 Å². The Kier molecular flexibility index (Phi) is 36.1. The summed E-state index contributed by atoms with van der Waals surface area (Å²) in [6.45, 7) is 23.2. The largest absolute Gasteiger partial charge is 0.307 e. The Balaban J connectivity index is -0.000000446. The maximum Gasteiger partial charge on any atom is -0.00213 e. The van der Waals surface area contributed by atoms with Gasteiger partial charge in [-0.05, 0) is 113 Å². The van der Waals surface area contributed by atoms with E-state index in [1.807, 2.05) is 0 Å². The van der Waals surface area contributed by atoms with Crippen LogP contribution in [0.4, 0.5) is 0 Å². The fourth-order valence-electron chi connectivity index (χ4n) is 3.24. The molecule has 0 amide bonds. The van der Waals surface area contributed by atoms with Crippen LogP contribution in [0.25, 0.3) is 0 Å². The molecule has 0 unspecified atom stereocenters. The van der Waals surface area contributed by atoms with Crippen molar-refractivity contribution in [1.29, 1.82) is 0 Å². The third-order valence-corrected chi connectivity index (χ3v) is 6.38. The molecule has 0 aliphatic heterocycles. The molecule has 0 saturated carbocycles. The maximum absolute atomic E-state index is 2.47. The minimum Gasteiger partial charge on any atom is -0.307 e. The molecular weight excluding hydrogens is 404 g/mol. The van der Waals surface area contributed by atoms with E-state index in [2.05, 4.69) is 89.3 Å². The zero-order valence-corrected chi connectivity index (χ0v) is 25.2. The summed E-state index contributed by atoms with van der Waals surface area (Å²) in [7, 11) is 8.82. The van der Waals surface area contributed by atoms with Gasteiger partial charge in [0, 0.05) is 0 Å². The van der Waals surface area contributed by atoms with Gasteiger partial charge in [-0.1, -0.05) is 80.1 Å². The first-order chi connectivity index (χ1) is 15.8. The zero-order valence-electron chi connectivity index (χ0n) is 25.2. The number of rotatable bonds is 20. The molecule has 0 saturated heterocycles. The van der Waals surface area contributed by atoms with Gasteiger partial charge in [0.1, 0.15) is 0 Å². The standard InChI is InChI=1S/C13H30N2.C10H24N2.C6H14/c1-5-7-8-12-15(4)13-10-9-11-14(3)6-2;1-5-11(3)9-7-8-10-12(4)6-2;1-3-5-6-4-2/h5-13H2,1-4H3;5-10H2,1-4H3;3-6H2,1-2H3. The second-order valence-corrected chi connectivity index (χ2v) is 9.82. The maximum atomic E-state index is 2.47. The van der Waals surface area contributed by atoms with Gasteiger partial charge in [-0.15, -0.1) is 0 Å². The molecule has 204 valence electrons. The van der Waals surface area contributed by atoms with Crippen molar-refractivity contribution >= 4 is 0 Å². The molecule has 0 rings (SSSR count). The molecular formula is C29H68N4. The van der Waals surface area contributed by atoms with E-state index in [-0.39, 0.29) is 0 Å². The van der Waals surface area contributed by atoms with Crippen molar-refractivity contribution in [1.82, 2.24) is 19.6 Å². The molecule has 33 heavy (non-hydrogen) atoms. The summed E-state index contributed by atoms with van der Waals surface area (Å²) in [6, 6.07) is 0. The van der Waals surface area contributed by atoms with Gasteiger partial charge in [-0.2, -0.15) is 0 Å². The first-order valence-electron chi connectivity index (χ1n) is 14.6. The molecule has 0 fully saturated rings. The molecule has 0 spiro atoms. The smallest absolute Gasteiger partial charge is 0.00213 e. The Hall–Kier alpha value is -0.160. The first-order valence-corrected chi connectivity index (χ1v) is 14.6. The third kappa shape index (κ3) is 36.6. The highest BCUT2D eigenvalue weighted by Gasteiger charge is 1.99. The number of hydrogen-bond donors (Lipinski definition) is 0. The highest BCUT2D eigenvalue weighted by molar-refractivity contribution is 4.55. The van der Waals surface area contributed by atoms with Crippen molar-refractivity contribution in [2.45, 2.75) is 112 Å². The average Bonchev–Trinajstić information content (AvgIpc) is 2.83. The van der Waals surface area contributed by atoms with Crippen molar-refractivity contribution in [3.8, 4) is 0 Å². The lowest BCUT2D eigenvalue weighted by Gasteiger charge is -2.18. The van der Waals surface area contributed by atoms with E-state index in [1.165, 1.54) is 123 Å². The van der Waals surface area contributed by atoms with Gasteiger partial charge in [0.25, 0.3) is 0 Å². The molecule has 4 nitrogen and oxygen atoms in total. The predicted octanol–water partition coefficient (Wildman–Crippen LogP) is 7.10. The molecule has 0 aromatic heterocycles. The summed E-state index contributed by atoms with van der Waals surface area (Å²) in [4.78, 5) is 9.59. The van der Waals surface area contributed by atoms with E-state index in [4.69, 9.17) is 0 Å². The molecule has 0 heterocycles. The van der Waals surface area contributed by atoms with Crippen LogP contribution >= 0.6 is 0 Å². The minimum atomic E-state index is 1.17. The van der Waals surface area contributed by atoms with Gasteiger partial charge in [0.2, 0.25) is 0 Å². The Morgan fingerprint density at radius 3 is 0.758 bits per heavy atom. The lowest BCUT2D eigenvalue weighted by Crippen LogP contribution is -2.23. The predicted molar refractivity (Wildman–Crippen MR) is 155 cm³/mol. The van der Waals surface area contributed by atoms with E-state index >= 15 is 0 Å². The fraction of sp³-hybridized carbons (Fsp3) is 1.00. The van der Waals surface area contributed by atoms with Crippen LogP contribution in [0, 0.1) is 0 Å². The molecule has 4 heteroatoms. The third-order valence-electron chi connectivity index (χ3n) is 6.38. The van der Waals surface area contributed by atoms with Gasteiger partial charge in [0.05, 0.1) is 0 Å². The summed E-state index contributed by atoms with van der Waals surface area (Å²) in [5.41, 5.74) is 0. The highest BCUT2D eigenvalue weighted by Crippen LogP contribution is 1.99. The molecule has 0 aromatic rings. The molecule has 0 N–H and O–H groups in total. The Morgan fingerprint density at radius 1 is 0.303 bits per heavy atom. The number of hydrogen-bond acceptors (Lipinski definition) is 4. The molecule has 0 bridgehead atoms. The van der Waals surface area contributed by atoms with Gasteiger partial charge < -0.3 is 19.6 Å². The van der Waals surface area contributed by atoms with Crippen LogP contribution in [-0.4, -0.2) is 100 Å². The van der Waals surface area contributed by atoms with Crippen LogP contribution in [0.2, 0.25) is 0 Å². The van der Waals surface area contributed by atoms with E-state index in [9.17, 15) is 0 Å². The summed E-state index contributed by atoms with van der Waals surface area (Å²) < 4.78 is 0. The van der Waals surface area contributed by atoms with Gasteiger partial charge >= 0.3 is 0 Å². The summed E-state index contributed by atoms with van der Waals surface area (Å²) in [6.07, 6.45) is 14.9. The average molecular weight is 473 g/mol. The van der Waals surface area contributed by atoms with E-state index in [0.717, 1.165) is 0 Å². The minimum absolute atomic E-state index is 1.17. The molecule has 0 aliphatic rings. The molecule has 0 radical (unpaired) electrons. The normalized spacial score (nSPS) is 11.1. The van der Waals surface area contributed by atoms with Crippen molar-refractivity contribution in [3.05, 3.63) is 0 Å². The summed E-state index contributed by atoms with van der Waals surface area (Å²) in [5.74, 6) is 0. The Bertz CT molecular complexity index is 309. The van der Waals surface area contributed by atoms with Gasteiger partial charge in [0.15, 0.2) is 0 Å². The van der Waals surface area contributed by atoms with Gasteiger partial charge in [-0.25, -0.2) is 0 Å². The van der Waals surface area contributed by atoms with Crippen LogP contribution < -0.4 is 0 Å². The quantitative estimate of drug-likeness (QED) is 0.175. The lowest BCUT2D eigenvalue weighted by atomic mass is 10.2.